The second kappa shape index (κ2) is 8.43. The fourth-order valence-electron chi connectivity index (χ4n) is 4.65. The number of nitrogens with one attached hydrogen (secondary N) is 1. The van der Waals surface area contributed by atoms with E-state index in [2.05, 4.69) is 10.8 Å². The highest BCUT2D eigenvalue weighted by molar-refractivity contribution is 7.89. The zero-order valence-corrected chi connectivity index (χ0v) is 19.7. The molecule has 6 heteroatoms. The van der Waals surface area contributed by atoms with Gasteiger partial charge in [0.15, 0.2) is 0 Å². The van der Waals surface area contributed by atoms with Gasteiger partial charge < -0.3 is 4.90 Å². The predicted octanol–water partition coefficient (Wildman–Crippen LogP) is 4.67. The smallest absolute Gasteiger partial charge is 0.241 e. The number of hydrogen-bond acceptors (Lipinski definition) is 3. The van der Waals surface area contributed by atoms with Gasteiger partial charge in [0, 0.05) is 18.2 Å². The van der Waals surface area contributed by atoms with Crippen LogP contribution in [0.2, 0.25) is 0 Å². The van der Waals surface area contributed by atoms with E-state index in [1.165, 1.54) is 0 Å². The minimum atomic E-state index is -3.80. The molecule has 1 amide bonds. The number of amides is 1. The van der Waals surface area contributed by atoms with Gasteiger partial charge in [-0.05, 0) is 73.6 Å². The molecule has 5 rings (SSSR count). The number of anilines is 1. The lowest BCUT2D eigenvalue weighted by Gasteiger charge is -2.22. The lowest BCUT2D eigenvalue weighted by molar-refractivity contribution is -0.119. The van der Waals surface area contributed by atoms with Gasteiger partial charge in [-0.3, -0.25) is 4.79 Å². The van der Waals surface area contributed by atoms with E-state index in [4.69, 9.17) is 0 Å². The third-order valence-electron chi connectivity index (χ3n) is 6.59. The molecule has 33 heavy (non-hydrogen) atoms. The molecule has 0 unspecified atom stereocenters. The number of nitrogens with zero attached hydrogens (tertiary/aromatic N) is 1. The molecular formula is C27H28N2O3S. The number of carbonyl (C=O) groups excluding carboxylic acids is 1. The Bertz CT molecular complexity index is 1310. The summed E-state index contributed by atoms with van der Waals surface area (Å²) in [6.45, 7) is 4.66. The summed E-state index contributed by atoms with van der Waals surface area (Å²) < 4.78 is 30.0. The molecule has 1 fully saturated rings. The molecule has 1 aliphatic carbocycles. The van der Waals surface area contributed by atoms with Gasteiger partial charge in [0.05, 0.1) is 10.9 Å². The molecule has 170 valence electrons. The van der Waals surface area contributed by atoms with Crippen LogP contribution < -0.4 is 9.62 Å². The standard InChI is InChI=1S/C27H28N2O3S/c1-18-8-12-24(19(2)16-18)26(20-6-4-3-5-7-20)28-33(31,32)23-11-13-25-22(17-23)14-15-29(25)27(30)21-9-10-21/h3-8,11-13,16-17,21,26,28H,9-10,14-15H2,1-2H3/t26-/m1/s1. The van der Waals surface area contributed by atoms with Crippen molar-refractivity contribution in [3.05, 3.63) is 94.5 Å². The monoisotopic (exact) mass is 460 g/mol. The van der Waals surface area contributed by atoms with E-state index < -0.39 is 16.1 Å². The molecule has 3 aromatic carbocycles. The Morgan fingerprint density at radius 2 is 1.76 bits per heavy atom. The molecule has 0 bridgehead atoms. The van der Waals surface area contributed by atoms with Crippen LogP contribution >= 0.6 is 0 Å². The summed E-state index contributed by atoms with van der Waals surface area (Å²) in [5, 5.41) is 0. The van der Waals surface area contributed by atoms with Crippen LogP contribution in [0.1, 0.15) is 46.7 Å². The van der Waals surface area contributed by atoms with Gasteiger partial charge in [-0.1, -0.05) is 54.1 Å². The fourth-order valence-corrected chi connectivity index (χ4v) is 5.91. The molecule has 1 aliphatic heterocycles. The second-order valence-electron chi connectivity index (χ2n) is 9.13. The molecule has 1 heterocycles. The van der Waals surface area contributed by atoms with Crippen LogP contribution in [-0.4, -0.2) is 20.9 Å². The number of sulfonamides is 1. The normalized spacial score (nSPS) is 16.5. The van der Waals surface area contributed by atoms with Crippen LogP contribution in [0.25, 0.3) is 0 Å². The van der Waals surface area contributed by atoms with Crippen LogP contribution in [0.5, 0.6) is 0 Å². The van der Waals surface area contributed by atoms with Gasteiger partial charge in [-0.15, -0.1) is 0 Å². The van der Waals surface area contributed by atoms with Crippen molar-refractivity contribution in [3.63, 3.8) is 0 Å². The van der Waals surface area contributed by atoms with Crippen molar-refractivity contribution in [2.24, 2.45) is 5.92 Å². The lowest BCUT2D eigenvalue weighted by atomic mass is 9.95. The number of fused-ring (bicyclic) bond motifs is 1. The highest BCUT2D eigenvalue weighted by atomic mass is 32.2. The third-order valence-corrected chi connectivity index (χ3v) is 8.01. The number of aryl methyl sites for hydroxylation is 2. The average molecular weight is 461 g/mol. The summed E-state index contributed by atoms with van der Waals surface area (Å²) in [5.41, 5.74) is 5.74. The zero-order valence-electron chi connectivity index (χ0n) is 18.9. The lowest BCUT2D eigenvalue weighted by Crippen LogP contribution is -2.30. The second-order valence-corrected chi connectivity index (χ2v) is 10.8. The van der Waals surface area contributed by atoms with Crippen LogP contribution in [-0.2, 0) is 21.2 Å². The van der Waals surface area contributed by atoms with Crippen molar-refractivity contribution in [2.75, 3.05) is 11.4 Å². The van der Waals surface area contributed by atoms with Gasteiger partial charge >= 0.3 is 0 Å². The van der Waals surface area contributed by atoms with Gasteiger partial charge in [0.25, 0.3) is 0 Å². The molecule has 0 saturated heterocycles. The number of benzene rings is 3. The summed E-state index contributed by atoms with van der Waals surface area (Å²) in [4.78, 5) is 14.6. The Hall–Kier alpha value is -2.96. The van der Waals surface area contributed by atoms with Crippen LogP contribution in [0.3, 0.4) is 0 Å². The zero-order chi connectivity index (χ0) is 23.2. The van der Waals surface area contributed by atoms with E-state index in [9.17, 15) is 13.2 Å². The van der Waals surface area contributed by atoms with Gasteiger partial charge in [0.2, 0.25) is 15.9 Å². The average Bonchev–Trinajstić information content (AvgIpc) is 3.57. The van der Waals surface area contributed by atoms with E-state index in [1.807, 2.05) is 61.2 Å². The van der Waals surface area contributed by atoms with Gasteiger partial charge in [-0.25, -0.2) is 8.42 Å². The summed E-state index contributed by atoms with van der Waals surface area (Å²) in [6, 6.07) is 20.3. The summed E-state index contributed by atoms with van der Waals surface area (Å²) in [7, 11) is -3.80. The molecule has 0 aromatic heterocycles. The first-order valence-electron chi connectivity index (χ1n) is 11.4. The minimum absolute atomic E-state index is 0.144. The quantitative estimate of drug-likeness (QED) is 0.581. The van der Waals surface area contributed by atoms with Gasteiger partial charge in [0.1, 0.15) is 0 Å². The molecule has 5 nitrogen and oxygen atoms in total. The first-order valence-corrected chi connectivity index (χ1v) is 12.9. The first kappa shape index (κ1) is 21.9. The Morgan fingerprint density at radius 3 is 2.45 bits per heavy atom. The molecule has 2 aliphatic rings. The van der Waals surface area contributed by atoms with E-state index in [0.717, 1.165) is 46.3 Å². The predicted molar refractivity (Wildman–Crippen MR) is 130 cm³/mol. The molecule has 0 spiro atoms. The van der Waals surface area contributed by atoms with Crippen LogP contribution in [0.15, 0.2) is 71.6 Å². The maximum absolute atomic E-state index is 13.5. The maximum Gasteiger partial charge on any atom is 0.241 e. The molecule has 3 aromatic rings. The van der Waals surface area contributed by atoms with Crippen LogP contribution in [0, 0.1) is 19.8 Å². The molecule has 1 N–H and O–H groups in total. The Balaban J connectivity index is 1.48. The van der Waals surface area contributed by atoms with Crippen molar-refractivity contribution in [1.82, 2.24) is 4.72 Å². The number of rotatable bonds is 6. The van der Waals surface area contributed by atoms with E-state index in [-0.39, 0.29) is 16.7 Å². The molecule has 1 atom stereocenters. The Morgan fingerprint density at radius 1 is 1.00 bits per heavy atom. The summed E-state index contributed by atoms with van der Waals surface area (Å²) in [5.74, 6) is 0.312. The minimum Gasteiger partial charge on any atom is -0.312 e. The largest absolute Gasteiger partial charge is 0.312 e. The molecule has 0 radical (unpaired) electrons. The van der Waals surface area contributed by atoms with E-state index >= 15 is 0 Å². The highest BCUT2D eigenvalue weighted by Crippen LogP contribution is 2.37. The van der Waals surface area contributed by atoms with E-state index in [1.54, 1.807) is 18.2 Å². The summed E-state index contributed by atoms with van der Waals surface area (Å²) >= 11 is 0. The Kier molecular flexibility index (Phi) is 5.59. The van der Waals surface area contributed by atoms with Gasteiger partial charge in [-0.2, -0.15) is 4.72 Å². The maximum atomic E-state index is 13.5. The third kappa shape index (κ3) is 4.33. The van der Waals surface area contributed by atoms with Crippen molar-refractivity contribution in [3.8, 4) is 0 Å². The fraction of sp³-hybridized carbons (Fsp3) is 0.296. The first-order chi connectivity index (χ1) is 15.8. The SMILES string of the molecule is Cc1ccc([C@H](NS(=O)(=O)c2ccc3c(c2)CCN3C(=O)C2CC2)c2ccccc2)c(C)c1. The van der Waals surface area contributed by atoms with Crippen molar-refractivity contribution < 1.29 is 13.2 Å². The van der Waals surface area contributed by atoms with Crippen LogP contribution in [0.4, 0.5) is 5.69 Å². The molecule has 1 saturated carbocycles. The number of carbonyl (C=O) groups is 1. The van der Waals surface area contributed by atoms with Crippen molar-refractivity contribution >= 4 is 21.6 Å². The molecular weight excluding hydrogens is 432 g/mol. The number of hydrogen-bond donors (Lipinski definition) is 1. The highest BCUT2D eigenvalue weighted by Gasteiger charge is 2.37. The van der Waals surface area contributed by atoms with Crippen molar-refractivity contribution in [1.29, 1.82) is 0 Å². The van der Waals surface area contributed by atoms with Crippen molar-refractivity contribution in [2.45, 2.75) is 44.0 Å². The summed E-state index contributed by atoms with van der Waals surface area (Å²) in [6.07, 6.45) is 2.59. The topological polar surface area (TPSA) is 66.5 Å². The van der Waals surface area contributed by atoms with E-state index in [0.29, 0.717) is 13.0 Å². The Labute approximate surface area is 195 Å².